The van der Waals surface area contributed by atoms with Crippen LogP contribution in [0.5, 0.6) is 11.5 Å². The lowest BCUT2D eigenvalue weighted by molar-refractivity contribution is -0.132. The van der Waals surface area contributed by atoms with Crippen LogP contribution in [0.3, 0.4) is 0 Å². The number of anilines is 1. The maximum absolute atomic E-state index is 13.6. The Kier molecular flexibility index (Phi) is 11.1. The number of amides is 3. The highest BCUT2D eigenvalue weighted by Gasteiger charge is 2.22. The van der Waals surface area contributed by atoms with Crippen LogP contribution in [0.1, 0.15) is 43.3 Å². The minimum atomic E-state index is -0.283. The molecule has 0 unspecified atom stereocenters. The molecule has 1 N–H and O–H groups in total. The number of benzene rings is 2. The van der Waals surface area contributed by atoms with E-state index in [2.05, 4.69) is 12.2 Å². The zero-order valence-electron chi connectivity index (χ0n) is 22.9. The predicted molar refractivity (Wildman–Crippen MR) is 149 cm³/mol. The Morgan fingerprint density at radius 1 is 0.895 bits per heavy atom. The van der Waals surface area contributed by atoms with Gasteiger partial charge in [-0.3, -0.25) is 4.79 Å². The molecule has 8 nitrogen and oxygen atoms in total. The van der Waals surface area contributed by atoms with E-state index >= 15 is 0 Å². The fourth-order valence-corrected chi connectivity index (χ4v) is 4.14. The molecule has 3 aromatic rings. The first-order chi connectivity index (χ1) is 18.4. The number of ether oxygens (including phenoxy) is 2. The van der Waals surface area contributed by atoms with Crippen molar-refractivity contribution in [1.29, 1.82) is 0 Å². The summed E-state index contributed by atoms with van der Waals surface area (Å²) < 4.78 is 16.5. The van der Waals surface area contributed by atoms with Crippen LogP contribution in [0, 0.1) is 6.92 Å². The van der Waals surface area contributed by atoms with Crippen molar-refractivity contribution in [1.82, 2.24) is 9.80 Å². The third kappa shape index (κ3) is 8.57. The molecule has 0 aliphatic heterocycles. The van der Waals surface area contributed by atoms with Gasteiger partial charge in [-0.2, -0.15) is 0 Å². The van der Waals surface area contributed by atoms with Gasteiger partial charge in [0.05, 0.1) is 20.8 Å². The van der Waals surface area contributed by atoms with E-state index in [9.17, 15) is 9.59 Å². The van der Waals surface area contributed by atoms with Crippen molar-refractivity contribution in [3.8, 4) is 11.5 Å². The number of hydrogen-bond donors (Lipinski definition) is 1. The second kappa shape index (κ2) is 14.7. The fourth-order valence-electron chi connectivity index (χ4n) is 4.14. The Morgan fingerprint density at radius 3 is 2.32 bits per heavy atom. The fraction of sp³-hybridized carbons (Fsp3) is 0.400. The molecule has 38 heavy (non-hydrogen) atoms. The Morgan fingerprint density at radius 2 is 1.66 bits per heavy atom. The molecule has 0 saturated carbocycles. The van der Waals surface area contributed by atoms with Crippen LogP contribution in [-0.2, 0) is 17.8 Å². The van der Waals surface area contributed by atoms with Gasteiger partial charge in [0.2, 0.25) is 5.91 Å². The standard InChI is InChI=1S/C30H39N3O5/c1-5-6-10-18-33(30(35)31-25-11-8-7-9-12-25)22-29(34)32(21-26-15-13-23(2)38-26)19-17-24-14-16-27(36-3)28(20-24)37-4/h7-9,11-16,20H,5-6,10,17-19,21-22H2,1-4H3,(H,31,35). The number of nitrogens with zero attached hydrogens (tertiary/aromatic N) is 2. The van der Waals surface area contributed by atoms with Crippen LogP contribution >= 0.6 is 0 Å². The van der Waals surface area contributed by atoms with E-state index in [4.69, 9.17) is 13.9 Å². The maximum Gasteiger partial charge on any atom is 0.322 e. The molecule has 0 radical (unpaired) electrons. The van der Waals surface area contributed by atoms with Crippen LogP contribution in [0.4, 0.5) is 10.5 Å². The molecule has 0 atom stereocenters. The van der Waals surface area contributed by atoms with Crippen LogP contribution in [0.15, 0.2) is 65.1 Å². The van der Waals surface area contributed by atoms with Gasteiger partial charge in [0.25, 0.3) is 0 Å². The molecule has 0 fully saturated rings. The average molecular weight is 522 g/mol. The molecule has 0 aliphatic carbocycles. The van der Waals surface area contributed by atoms with Crippen LogP contribution in [0.25, 0.3) is 0 Å². The molecular formula is C30H39N3O5. The molecule has 8 heteroatoms. The van der Waals surface area contributed by atoms with E-state index < -0.39 is 0 Å². The third-order valence-corrected chi connectivity index (χ3v) is 6.28. The highest BCUT2D eigenvalue weighted by atomic mass is 16.5. The molecular weight excluding hydrogens is 482 g/mol. The molecule has 2 aromatic carbocycles. The van der Waals surface area contributed by atoms with Gasteiger partial charge in [0, 0.05) is 18.8 Å². The summed E-state index contributed by atoms with van der Waals surface area (Å²) in [5, 5.41) is 2.92. The zero-order valence-corrected chi connectivity index (χ0v) is 22.9. The Hall–Kier alpha value is -3.94. The molecule has 0 bridgehead atoms. The number of rotatable bonds is 14. The summed E-state index contributed by atoms with van der Waals surface area (Å²) in [6, 6.07) is 18.5. The Labute approximate surface area is 225 Å². The molecule has 1 heterocycles. The number of hydrogen-bond acceptors (Lipinski definition) is 5. The first-order valence-electron chi connectivity index (χ1n) is 13.1. The lowest BCUT2D eigenvalue weighted by Crippen LogP contribution is -2.45. The van der Waals surface area contributed by atoms with E-state index in [-0.39, 0.29) is 18.5 Å². The summed E-state index contributed by atoms with van der Waals surface area (Å²) in [4.78, 5) is 30.1. The van der Waals surface area contributed by atoms with Crippen molar-refractivity contribution in [2.75, 3.05) is 39.2 Å². The lowest BCUT2D eigenvalue weighted by atomic mass is 10.1. The van der Waals surface area contributed by atoms with Crippen molar-refractivity contribution in [3.63, 3.8) is 0 Å². The van der Waals surface area contributed by atoms with E-state index in [1.807, 2.05) is 67.6 Å². The first-order valence-corrected chi connectivity index (χ1v) is 13.1. The minimum absolute atomic E-state index is 0.0198. The number of carbonyl (C=O) groups is 2. The number of aryl methyl sites for hydroxylation is 1. The molecule has 204 valence electrons. The second-order valence-electron chi connectivity index (χ2n) is 9.19. The third-order valence-electron chi connectivity index (χ3n) is 6.28. The maximum atomic E-state index is 13.6. The number of furan rings is 1. The van der Waals surface area contributed by atoms with Gasteiger partial charge in [0.1, 0.15) is 18.1 Å². The highest BCUT2D eigenvalue weighted by molar-refractivity contribution is 5.92. The van der Waals surface area contributed by atoms with Gasteiger partial charge in [-0.1, -0.05) is 44.0 Å². The summed E-state index contributed by atoms with van der Waals surface area (Å²) in [5.74, 6) is 2.65. The van der Waals surface area contributed by atoms with Gasteiger partial charge < -0.3 is 29.0 Å². The van der Waals surface area contributed by atoms with Crippen molar-refractivity contribution >= 4 is 17.6 Å². The zero-order chi connectivity index (χ0) is 27.3. The molecule has 0 spiro atoms. The molecule has 0 aliphatic rings. The number of para-hydroxylation sites is 1. The van der Waals surface area contributed by atoms with E-state index in [0.717, 1.165) is 30.6 Å². The van der Waals surface area contributed by atoms with Crippen LogP contribution in [0.2, 0.25) is 0 Å². The first kappa shape index (κ1) is 28.6. The Bertz CT molecular complexity index is 1160. The monoisotopic (exact) mass is 521 g/mol. The summed E-state index contributed by atoms with van der Waals surface area (Å²) in [5.41, 5.74) is 1.71. The number of nitrogens with one attached hydrogen (secondary N) is 1. The van der Waals surface area contributed by atoms with Crippen LogP contribution in [-0.4, -0.2) is 55.6 Å². The summed E-state index contributed by atoms with van der Waals surface area (Å²) >= 11 is 0. The van der Waals surface area contributed by atoms with Crippen LogP contribution < -0.4 is 14.8 Å². The number of urea groups is 1. The van der Waals surface area contributed by atoms with Crippen molar-refractivity contribution in [2.45, 2.75) is 46.1 Å². The minimum Gasteiger partial charge on any atom is -0.493 e. The quantitative estimate of drug-likeness (QED) is 0.267. The smallest absolute Gasteiger partial charge is 0.322 e. The number of unbranched alkanes of at least 4 members (excludes halogenated alkanes) is 2. The van der Waals surface area contributed by atoms with E-state index in [1.54, 1.807) is 24.0 Å². The number of methoxy groups -OCH3 is 2. The second-order valence-corrected chi connectivity index (χ2v) is 9.19. The van der Waals surface area contributed by atoms with Crippen molar-refractivity contribution < 1.29 is 23.5 Å². The average Bonchev–Trinajstić information content (AvgIpc) is 3.35. The molecule has 3 rings (SSSR count). The Balaban J connectivity index is 1.75. The van der Waals surface area contributed by atoms with E-state index in [1.165, 1.54) is 0 Å². The lowest BCUT2D eigenvalue weighted by Gasteiger charge is -2.27. The highest BCUT2D eigenvalue weighted by Crippen LogP contribution is 2.28. The van der Waals surface area contributed by atoms with Crippen molar-refractivity contribution in [3.05, 3.63) is 77.7 Å². The van der Waals surface area contributed by atoms with E-state index in [0.29, 0.717) is 49.0 Å². The topological polar surface area (TPSA) is 84.2 Å². The van der Waals surface area contributed by atoms with Gasteiger partial charge in [-0.25, -0.2) is 4.79 Å². The number of carbonyl (C=O) groups excluding carboxylic acids is 2. The largest absolute Gasteiger partial charge is 0.493 e. The summed E-state index contributed by atoms with van der Waals surface area (Å²) in [7, 11) is 3.20. The van der Waals surface area contributed by atoms with Crippen molar-refractivity contribution in [2.24, 2.45) is 0 Å². The normalized spacial score (nSPS) is 10.6. The molecule has 0 saturated heterocycles. The van der Waals surface area contributed by atoms with Gasteiger partial charge in [-0.15, -0.1) is 0 Å². The predicted octanol–water partition coefficient (Wildman–Crippen LogP) is 5.90. The van der Waals surface area contributed by atoms with Gasteiger partial charge in [0.15, 0.2) is 11.5 Å². The molecule has 1 aromatic heterocycles. The molecule has 3 amide bonds. The summed E-state index contributed by atoms with van der Waals surface area (Å²) in [6.45, 7) is 5.25. The van der Waals surface area contributed by atoms with Gasteiger partial charge >= 0.3 is 6.03 Å². The van der Waals surface area contributed by atoms with Gasteiger partial charge in [-0.05, 0) is 61.7 Å². The summed E-state index contributed by atoms with van der Waals surface area (Å²) in [6.07, 6.45) is 3.45. The SMILES string of the molecule is CCCCCN(CC(=O)N(CCc1ccc(OC)c(OC)c1)Cc1ccc(C)o1)C(=O)Nc1ccccc1.